The fraction of sp³-hybridized carbons (Fsp3) is 0.318. The van der Waals surface area contributed by atoms with Gasteiger partial charge in [-0.2, -0.15) is 17.5 Å². The number of amides is 1. The molecule has 2 aromatic rings. The number of benzene rings is 2. The van der Waals surface area contributed by atoms with Gasteiger partial charge in [-0.1, -0.05) is 18.6 Å². The van der Waals surface area contributed by atoms with E-state index in [0.29, 0.717) is 13.1 Å². The molecule has 1 aliphatic rings. The third-order valence-corrected chi connectivity index (χ3v) is 6.92. The summed E-state index contributed by atoms with van der Waals surface area (Å²) in [5.41, 5.74) is -0.481. The number of piperidine rings is 1. The fourth-order valence-electron chi connectivity index (χ4n) is 3.36. The van der Waals surface area contributed by atoms with E-state index in [4.69, 9.17) is 4.74 Å². The number of rotatable bonds is 6. The molecule has 1 saturated heterocycles. The van der Waals surface area contributed by atoms with Gasteiger partial charge < -0.3 is 10.1 Å². The molecule has 0 spiro atoms. The molecule has 1 fully saturated rings. The Labute approximate surface area is 184 Å². The highest BCUT2D eigenvalue weighted by molar-refractivity contribution is 7.89. The van der Waals surface area contributed by atoms with Gasteiger partial charge in [-0.3, -0.25) is 4.79 Å². The second-order valence-electron chi connectivity index (χ2n) is 7.27. The van der Waals surface area contributed by atoms with Crippen LogP contribution in [-0.2, 0) is 21.0 Å². The first kappa shape index (κ1) is 23.8. The van der Waals surface area contributed by atoms with E-state index in [9.17, 15) is 26.4 Å². The van der Waals surface area contributed by atoms with Crippen molar-refractivity contribution in [2.75, 3.05) is 25.5 Å². The molecule has 0 aromatic heterocycles. The van der Waals surface area contributed by atoms with E-state index in [-0.39, 0.29) is 21.9 Å². The van der Waals surface area contributed by atoms with Crippen molar-refractivity contribution in [2.45, 2.75) is 30.3 Å². The number of ether oxygens (including phenoxy) is 1. The monoisotopic (exact) mass is 468 g/mol. The van der Waals surface area contributed by atoms with Crippen molar-refractivity contribution in [3.05, 3.63) is 59.7 Å². The number of sulfonamides is 1. The summed E-state index contributed by atoms with van der Waals surface area (Å²) >= 11 is 0. The van der Waals surface area contributed by atoms with Crippen molar-refractivity contribution in [3.8, 4) is 5.75 Å². The number of halogens is 3. The van der Waals surface area contributed by atoms with Crippen LogP contribution < -0.4 is 10.1 Å². The lowest BCUT2D eigenvalue weighted by Gasteiger charge is -2.26. The Balaban J connectivity index is 1.79. The Morgan fingerprint density at radius 3 is 2.47 bits per heavy atom. The zero-order chi connectivity index (χ0) is 23.4. The van der Waals surface area contributed by atoms with Crippen molar-refractivity contribution < 1.29 is 31.1 Å². The summed E-state index contributed by atoms with van der Waals surface area (Å²) in [6, 6.07) is 8.73. The molecular weight excluding hydrogens is 445 g/mol. The second-order valence-corrected chi connectivity index (χ2v) is 9.21. The number of carbonyl (C=O) groups is 1. The smallest absolute Gasteiger partial charge is 0.416 e. The Hall–Kier alpha value is -2.85. The molecule has 6 nitrogen and oxygen atoms in total. The summed E-state index contributed by atoms with van der Waals surface area (Å²) in [5.74, 6) is -0.392. The van der Waals surface area contributed by atoms with Crippen molar-refractivity contribution in [3.63, 3.8) is 0 Å². The van der Waals surface area contributed by atoms with Crippen LogP contribution in [0.15, 0.2) is 53.4 Å². The molecule has 3 rings (SSSR count). The molecule has 1 amide bonds. The van der Waals surface area contributed by atoms with Gasteiger partial charge in [0.05, 0.1) is 23.3 Å². The quantitative estimate of drug-likeness (QED) is 0.632. The molecule has 0 unspecified atom stereocenters. The van der Waals surface area contributed by atoms with Crippen molar-refractivity contribution >= 4 is 27.7 Å². The van der Waals surface area contributed by atoms with Crippen LogP contribution in [0.25, 0.3) is 6.08 Å². The lowest BCUT2D eigenvalue weighted by atomic mass is 10.1. The van der Waals surface area contributed by atoms with E-state index in [1.165, 1.54) is 47.8 Å². The van der Waals surface area contributed by atoms with E-state index in [2.05, 4.69) is 5.32 Å². The van der Waals surface area contributed by atoms with Gasteiger partial charge in [-0.05, 0) is 54.8 Å². The molecule has 172 valence electrons. The lowest BCUT2D eigenvalue weighted by Crippen LogP contribution is -2.35. The minimum Gasteiger partial charge on any atom is -0.495 e. The maximum atomic E-state index is 12.9. The van der Waals surface area contributed by atoms with Gasteiger partial charge in [-0.15, -0.1) is 0 Å². The normalized spacial score (nSPS) is 15.6. The highest BCUT2D eigenvalue weighted by atomic mass is 32.2. The van der Waals surface area contributed by atoms with Gasteiger partial charge >= 0.3 is 6.18 Å². The van der Waals surface area contributed by atoms with Crippen LogP contribution >= 0.6 is 0 Å². The van der Waals surface area contributed by atoms with Gasteiger partial charge in [0.15, 0.2) is 0 Å². The van der Waals surface area contributed by atoms with Crippen LogP contribution in [0.2, 0.25) is 0 Å². The SMILES string of the molecule is COc1ccc(S(=O)(=O)N2CCCCC2)cc1NC(=O)C=Cc1cccc(C(F)(F)F)c1. The van der Waals surface area contributed by atoms with E-state index >= 15 is 0 Å². The number of anilines is 1. The molecule has 0 bridgehead atoms. The number of methoxy groups -OCH3 is 1. The zero-order valence-electron chi connectivity index (χ0n) is 17.4. The Morgan fingerprint density at radius 2 is 1.81 bits per heavy atom. The number of alkyl halides is 3. The van der Waals surface area contributed by atoms with Gasteiger partial charge in [-0.25, -0.2) is 8.42 Å². The average Bonchev–Trinajstić information content (AvgIpc) is 2.78. The molecule has 1 heterocycles. The van der Waals surface area contributed by atoms with E-state index in [0.717, 1.165) is 37.5 Å². The summed E-state index contributed by atoms with van der Waals surface area (Å²) in [6.07, 6.45) is 0.388. The number of hydrogen-bond acceptors (Lipinski definition) is 4. The third-order valence-electron chi connectivity index (χ3n) is 5.02. The van der Waals surface area contributed by atoms with E-state index < -0.39 is 27.7 Å². The second kappa shape index (κ2) is 9.74. The molecule has 0 aliphatic carbocycles. The molecule has 0 atom stereocenters. The first-order valence-electron chi connectivity index (χ1n) is 9.96. The lowest BCUT2D eigenvalue weighted by molar-refractivity contribution is -0.137. The summed E-state index contributed by atoms with van der Waals surface area (Å²) in [6.45, 7) is 0.881. The standard InChI is InChI=1S/C22H23F3N2O4S/c1-31-20-10-9-18(32(29,30)27-12-3-2-4-13-27)15-19(20)26-21(28)11-8-16-6-5-7-17(14-16)22(23,24)25/h5-11,14-15H,2-4,12-13H2,1H3,(H,26,28). The van der Waals surface area contributed by atoms with E-state index in [1.54, 1.807) is 0 Å². The van der Waals surface area contributed by atoms with Crippen molar-refractivity contribution in [2.24, 2.45) is 0 Å². The maximum Gasteiger partial charge on any atom is 0.416 e. The first-order chi connectivity index (χ1) is 15.1. The molecule has 32 heavy (non-hydrogen) atoms. The molecule has 1 N–H and O–H groups in total. The Bertz CT molecular complexity index is 1110. The van der Waals surface area contributed by atoms with Crippen LogP contribution in [0.1, 0.15) is 30.4 Å². The molecule has 1 aliphatic heterocycles. The first-order valence-corrected chi connectivity index (χ1v) is 11.4. The minimum atomic E-state index is -4.49. The predicted octanol–water partition coefficient (Wildman–Crippen LogP) is 4.54. The van der Waals surface area contributed by atoms with Crippen LogP contribution in [0, 0.1) is 0 Å². The van der Waals surface area contributed by atoms with E-state index in [1.807, 2.05) is 0 Å². The largest absolute Gasteiger partial charge is 0.495 e. The summed E-state index contributed by atoms with van der Waals surface area (Å²) in [7, 11) is -2.34. The number of hydrogen-bond donors (Lipinski definition) is 1. The number of nitrogens with one attached hydrogen (secondary N) is 1. The molecule has 2 aromatic carbocycles. The highest BCUT2D eigenvalue weighted by Gasteiger charge is 2.30. The minimum absolute atomic E-state index is 0.0253. The summed E-state index contributed by atoms with van der Waals surface area (Å²) in [5, 5.41) is 2.54. The third kappa shape index (κ3) is 5.68. The summed E-state index contributed by atoms with van der Waals surface area (Å²) in [4.78, 5) is 12.4. The predicted molar refractivity (Wildman–Crippen MR) is 115 cm³/mol. The maximum absolute atomic E-state index is 12.9. The fourth-order valence-corrected chi connectivity index (χ4v) is 4.91. The number of nitrogens with zero attached hydrogens (tertiary/aromatic N) is 1. The topological polar surface area (TPSA) is 75.7 Å². The Kier molecular flexibility index (Phi) is 7.25. The van der Waals surface area contributed by atoms with Crippen LogP contribution in [0.4, 0.5) is 18.9 Å². The van der Waals surface area contributed by atoms with Crippen LogP contribution in [0.3, 0.4) is 0 Å². The molecule has 0 radical (unpaired) electrons. The van der Waals surface area contributed by atoms with Gasteiger partial charge in [0.1, 0.15) is 5.75 Å². The van der Waals surface area contributed by atoms with Crippen LogP contribution in [0.5, 0.6) is 5.75 Å². The van der Waals surface area contributed by atoms with Crippen LogP contribution in [-0.4, -0.2) is 38.8 Å². The van der Waals surface area contributed by atoms with Crippen molar-refractivity contribution in [1.82, 2.24) is 4.31 Å². The molecule has 10 heteroatoms. The van der Waals surface area contributed by atoms with Gasteiger partial charge in [0, 0.05) is 19.2 Å². The zero-order valence-corrected chi connectivity index (χ0v) is 18.2. The summed E-state index contributed by atoms with van der Waals surface area (Å²) < 4.78 is 71.0. The van der Waals surface area contributed by atoms with Crippen molar-refractivity contribution in [1.29, 1.82) is 0 Å². The molecule has 0 saturated carbocycles. The highest BCUT2D eigenvalue weighted by Crippen LogP contribution is 2.31. The Morgan fingerprint density at radius 1 is 1.09 bits per heavy atom. The van der Waals surface area contributed by atoms with Gasteiger partial charge in [0.25, 0.3) is 0 Å². The molecular formula is C22H23F3N2O4S. The number of carbonyl (C=O) groups excluding carboxylic acids is 1. The average molecular weight is 468 g/mol. The van der Waals surface area contributed by atoms with Gasteiger partial charge in [0.2, 0.25) is 15.9 Å².